The van der Waals surface area contributed by atoms with Gasteiger partial charge in [-0.15, -0.1) is 0 Å². The van der Waals surface area contributed by atoms with Crippen molar-refractivity contribution >= 4 is 45.7 Å². The van der Waals surface area contributed by atoms with Gasteiger partial charge in [-0.2, -0.15) is 4.98 Å². The summed E-state index contributed by atoms with van der Waals surface area (Å²) >= 11 is 6.44. The summed E-state index contributed by atoms with van der Waals surface area (Å²) in [6, 6.07) is 15.7. The van der Waals surface area contributed by atoms with Crippen LogP contribution in [0.2, 0.25) is 5.02 Å². The first-order valence-electron chi connectivity index (χ1n) is 10.7. The second-order valence-electron chi connectivity index (χ2n) is 8.12. The number of primary amides is 1. The third kappa shape index (κ3) is 4.22. The quantitative estimate of drug-likeness (QED) is 0.471. The molecule has 2 aromatic carbocycles. The van der Waals surface area contributed by atoms with Crippen molar-refractivity contribution in [3.63, 3.8) is 0 Å². The molecule has 3 N–H and O–H groups in total. The van der Waals surface area contributed by atoms with E-state index in [1.807, 2.05) is 36.4 Å². The molecular formula is C24H24ClN7O. The van der Waals surface area contributed by atoms with Crippen LogP contribution < -0.4 is 16.0 Å². The normalized spacial score (nSPS) is 14.5. The third-order valence-electron chi connectivity index (χ3n) is 5.92. The molecule has 0 radical (unpaired) electrons. The highest BCUT2D eigenvalue weighted by Gasteiger charge is 2.17. The number of hydrogen-bond donors (Lipinski definition) is 2. The fourth-order valence-electron chi connectivity index (χ4n) is 4.09. The fraction of sp³-hybridized carbons (Fsp3) is 0.208. The number of benzene rings is 2. The van der Waals surface area contributed by atoms with Crippen LogP contribution in [0.15, 0.2) is 60.9 Å². The summed E-state index contributed by atoms with van der Waals surface area (Å²) in [6.45, 7) is 4.16. The summed E-state index contributed by atoms with van der Waals surface area (Å²) in [7, 11) is 2.15. The summed E-state index contributed by atoms with van der Waals surface area (Å²) in [5.41, 5.74) is 8.85. The first kappa shape index (κ1) is 21.2. The van der Waals surface area contributed by atoms with E-state index in [0.717, 1.165) is 42.8 Å². The number of anilines is 3. The van der Waals surface area contributed by atoms with Crippen molar-refractivity contribution in [3.05, 3.63) is 71.5 Å². The molecule has 0 spiro atoms. The van der Waals surface area contributed by atoms with Crippen molar-refractivity contribution in [2.75, 3.05) is 43.4 Å². The lowest BCUT2D eigenvalue weighted by Crippen LogP contribution is -2.44. The molecule has 0 saturated carbocycles. The van der Waals surface area contributed by atoms with Crippen molar-refractivity contribution in [1.82, 2.24) is 19.4 Å². The summed E-state index contributed by atoms with van der Waals surface area (Å²) in [4.78, 5) is 25.6. The van der Waals surface area contributed by atoms with Crippen molar-refractivity contribution < 1.29 is 4.79 Å². The number of rotatable bonds is 5. The molecule has 0 unspecified atom stereocenters. The lowest BCUT2D eigenvalue weighted by molar-refractivity contribution is 0.100. The van der Waals surface area contributed by atoms with E-state index < -0.39 is 5.91 Å². The second kappa shape index (κ2) is 8.73. The van der Waals surface area contributed by atoms with E-state index in [1.54, 1.807) is 17.0 Å². The third-order valence-corrected chi connectivity index (χ3v) is 6.19. The van der Waals surface area contributed by atoms with E-state index >= 15 is 0 Å². The molecule has 33 heavy (non-hydrogen) atoms. The van der Waals surface area contributed by atoms with Crippen molar-refractivity contribution in [3.8, 4) is 5.82 Å². The minimum atomic E-state index is -0.506. The maximum atomic E-state index is 11.9. The molecule has 9 heteroatoms. The SMILES string of the molecule is CN1CCN(c2ccc(Nc3ncc(Cl)c(-n4cc(C(N)=O)c5ccccc54)n3)cc2)CC1. The lowest BCUT2D eigenvalue weighted by atomic mass is 10.2. The molecule has 5 rings (SSSR count). The van der Waals surface area contributed by atoms with Gasteiger partial charge in [-0.05, 0) is 37.4 Å². The smallest absolute Gasteiger partial charge is 0.250 e. The number of hydrogen-bond acceptors (Lipinski definition) is 6. The van der Waals surface area contributed by atoms with Crippen molar-refractivity contribution in [2.24, 2.45) is 5.73 Å². The molecule has 1 fully saturated rings. The maximum absolute atomic E-state index is 11.9. The number of nitrogens with zero attached hydrogens (tertiary/aromatic N) is 5. The Hall–Kier alpha value is -3.62. The highest BCUT2D eigenvalue weighted by Crippen LogP contribution is 2.28. The molecule has 0 bridgehead atoms. The predicted molar refractivity (Wildman–Crippen MR) is 132 cm³/mol. The Balaban J connectivity index is 1.42. The van der Waals surface area contributed by atoms with Crippen LogP contribution in [0.5, 0.6) is 0 Å². The van der Waals surface area contributed by atoms with Gasteiger partial charge < -0.3 is 20.9 Å². The number of para-hydroxylation sites is 1. The molecular weight excluding hydrogens is 438 g/mol. The highest BCUT2D eigenvalue weighted by atomic mass is 35.5. The Kier molecular flexibility index (Phi) is 5.62. The summed E-state index contributed by atoms with van der Waals surface area (Å²) in [5, 5.41) is 4.35. The Morgan fingerprint density at radius 3 is 2.52 bits per heavy atom. The van der Waals surface area contributed by atoms with E-state index in [0.29, 0.717) is 22.4 Å². The van der Waals surface area contributed by atoms with Crippen LogP contribution in [0.25, 0.3) is 16.7 Å². The van der Waals surface area contributed by atoms with Crippen LogP contribution in [0.1, 0.15) is 10.4 Å². The van der Waals surface area contributed by atoms with Crippen LogP contribution in [-0.2, 0) is 0 Å². The Bertz CT molecular complexity index is 1310. The van der Waals surface area contributed by atoms with Gasteiger partial charge >= 0.3 is 0 Å². The molecule has 0 atom stereocenters. The maximum Gasteiger partial charge on any atom is 0.250 e. The van der Waals surface area contributed by atoms with Crippen LogP contribution in [-0.4, -0.2) is 58.6 Å². The predicted octanol–water partition coefficient (Wildman–Crippen LogP) is 3.67. The molecule has 1 aliphatic heterocycles. The fourth-order valence-corrected chi connectivity index (χ4v) is 4.27. The van der Waals surface area contributed by atoms with Gasteiger partial charge in [0.2, 0.25) is 5.95 Å². The number of carbonyl (C=O) groups excluding carboxylic acids is 1. The van der Waals surface area contributed by atoms with E-state index in [9.17, 15) is 4.79 Å². The molecule has 168 valence electrons. The Labute approximate surface area is 196 Å². The topological polar surface area (TPSA) is 92.3 Å². The molecule has 3 heterocycles. The molecule has 2 aromatic heterocycles. The van der Waals surface area contributed by atoms with Crippen molar-refractivity contribution in [1.29, 1.82) is 0 Å². The average Bonchev–Trinajstić information content (AvgIpc) is 3.21. The van der Waals surface area contributed by atoms with Gasteiger partial charge in [0.1, 0.15) is 5.02 Å². The number of likely N-dealkylation sites (N-methyl/N-ethyl adjacent to an activating group) is 1. The van der Waals surface area contributed by atoms with E-state index in [4.69, 9.17) is 17.3 Å². The average molecular weight is 462 g/mol. The van der Waals surface area contributed by atoms with Crippen LogP contribution in [0.4, 0.5) is 17.3 Å². The zero-order chi connectivity index (χ0) is 22.9. The van der Waals surface area contributed by atoms with E-state index in [-0.39, 0.29) is 0 Å². The number of piperazine rings is 1. The summed E-state index contributed by atoms with van der Waals surface area (Å²) in [6.07, 6.45) is 3.21. The molecule has 1 aliphatic rings. The number of fused-ring (bicyclic) bond motifs is 1. The van der Waals surface area contributed by atoms with Gasteiger partial charge in [-0.1, -0.05) is 29.8 Å². The minimum Gasteiger partial charge on any atom is -0.369 e. The Morgan fingerprint density at radius 1 is 1.06 bits per heavy atom. The van der Waals surface area contributed by atoms with Gasteiger partial charge in [0.05, 0.1) is 17.3 Å². The van der Waals surface area contributed by atoms with Crippen LogP contribution in [0, 0.1) is 0 Å². The van der Waals surface area contributed by atoms with Gasteiger partial charge in [0, 0.05) is 49.1 Å². The van der Waals surface area contributed by atoms with Gasteiger partial charge in [0.25, 0.3) is 5.91 Å². The number of halogens is 1. The number of nitrogens with one attached hydrogen (secondary N) is 1. The molecule has 0 aliphatic carbocycles. The van der Waals surface area contributed by atoms with Crippen LogP contribution in [0.3, 0.4) is 0 Å². The number of carbonyl (C=O) groups is 1. The summed E-state index contributed by atoms with van der Waals surface area (Å²) in [5.74, 6) is 0.362. The molecule has 4 aromatic rings. The second-order valence-corrected chi connectivity index (χ2v) is 8.53. The van der Waals surface area contributed by atoms with E-state index in [2.05, 4.69) is 44.3 Å². The zero-order valence-electron chi connectivity index (χ0n) is 18.2. The van der Waals surface area contributed by atoms with Crippen LogP contribution >= 0.6 is 11.6 Å². The van der Waals surface area contributed by atoms with Gasteiger partial charge in [0.15, 0.2) is 5.82 Å². The molecule has 8 nitrogen and oxygen atoms in total. The highest BCUT2D eigenvalue weighted by molar-refractivity contribution is 6.32. The summed E-state index contributed by atoms with van der Waals surface area (Å²) < 4.78 is 1.76. The van der Waals surface area contributed by atoms with Crippen molar-refractivity contribution in [2.45, 2.75) is 0 Å². The van der Waals surface area contributed by atoms with Gasteiger partial charge in [-0.25, -0.2) is 4.98 Å². The monoisotopic (exact) mass is 461 g/mol. The first-order valence-corrected chi connectivity index (χ1v) is 11.1. The molecule has 1 saturated heterocycles. The van der Waals surface area contributed by atoms with E-state index in [1.165, 1.54) is 5.69 Å². The largest absolute Gasteiger partial charge is 0.369 e. The number of nitrogens with two attached hydrogens (primary N) is 1. The number of aromatic nitrogens is 3. The first-order chi connectivity index (χ1) is 16.0. The Morgan fingerprint density at radius 2 is 1.79 bits per heavy atom. The molecule has 1 amide bonds. The number of amides is 1. The minimum absolute atomic E-state index is 0.364. The lowest BCUT2D eigenvalue weighted by Gasteiger charge is -2.34. The standard InChI is InChI=1S/C24H24ClN7O/c1-30-10-12-31(13-11-30)17-8-6-16(7-9-17)28-24-27-14-20(25)23(29-24)32-15-19(22(26)33)18-4-2-3-5-21(18)32/h2-9,14-15H,10-13H2,1H3,(H2,26,33)(H,27,28,29). The van der Waals surface area contributed by atoms with Gasteiger partial charge in [-0.3, -0.25) is 9.36 Å². The zero-order valence-corrected chi connectivity index (χ0v) is 19.0.